The van der Waals surface area contributed by atoms with Crippen molar-refractivity contribution >= 4 is 22.9 Å². The number of benzene rings is 1. The molecule has 0 atom stereocenters. The molecule has 1 N–H and O–H groups in total. The van der Waals surface area contributed by atoms with Crippen molar-refractivity contribution in [2.75, 3.05) is 12.1 Å². The van der Waals surface area contributed by atoms with Crippen LogP contribution < -0.4 is 14.8 Å². The minimum absolute atomic E-state index is 0.170. The maximum Gasteiger partial charge on any atom is 0.232 e. The van der Waals surface area contributed by atoms with Gasteiger partial charge in [0.15, 0.2) is 17.3 Å². The molecule has 0 fully saturated rings. The second-order valence-corrected chi connectivity index (χ2v) is 6.02. The van der Waals surface area contributed by atoms with Crippen LogP contribution >= 0.6 is 0 Å². The van der Waals surface area contributed by atoms with Gasteiger partial charge in [-0.3, -0.25) is 10.1 Å². The summed E-state index contributed by atoms with van der Waals surface area (Å²) in [5.74, 6) is 1.69. The fourth-order valence-corrected chi connectivity index (χ4v) is 2.91. The number of carbonyl (C=O) groups excluding carboxylic acids is 1. The number of nitrogens with one attached hydrogen (secondary N) is 1. The third kappa shape index (κ3) is 2.76. The van der Waals surface area contributed by atoms with Crippen LogP contribution in [0, 0.1) is 0 Å². The van der Waals surface area contributed by atoms with Crippen molar-refractivity contribution in [1.29, 1.82) is 0 Å². The highest BCUT2D eigenvalue weighted by Gasteiger charge is 2.17. The molecule has 3 aromatic heterocycles. The molecule has 0 aliphatic carbocycles. The first-order chi connectivity index (χ1) is 13.7. The lowest BCUT2D eigenvalue weighted by Crippen LogP contribution is -2.12. The number of nitrogens with zero attached hydrogens (tertiary/aromatic N) is 6. The van der Waals surface area contributed by atoms with E-state index in [1.165, 1.54) is 24.3 Å². The lowest BCUT2D eigenvalue weighted by molar-refractivity contribution is -0.114. The molecule has 1 aromatic carbocycles. The summed E-state index contributed by atoms with van der Waals surface area (Å²) in [5, 5.41) is 6.73. The average molecular weight is 375 g/mol. The van der Waals surface area contributed by atoms with Crippen molar-refractivity contribution < 1.29 is 14.3 Å². The van der Waals surface area contributed by atoms with E-state index >= 15 is 0 Å². The number of rotatable bonds is 3. The molecule has 0 bridgehead atoms. The molecule has 10 nitrogen and oxygen atoms in total. The number of anilines is 1. The number of hydrogen-bond acceptors (Lipinski definition) is 8. The zero-order valence-corrected chi connectivity index (χ0v) is 14.7. The lowest BCUT2D eigenvalue weighted by Gasteiger charge is -2.09. The lowest BCUT2D eigenvalue weighted by atomic mass is 10.1. The number of hydrogen-bond donors (Lipinski definition) is 1. The van der Waals surface area contributed by atoms with Crippen LogP contribution in [0.1, 0.15) is 6.92 Å². The fourth-order valence-electron chi connectivity index (χ4n) is 2.91. The molecular weight excluding hydrogens is 362 g/mol. The summed E-state index contributed by atoms with van der Waals surface area (Å²) in [6, 6.07) is 9.28. The van der Waals surface area contributed by atoms with Gasteiger partial charge in [-0.05, 0) is 30.3 Å². The Hall–Kier alpha value is -4.08. The van der Waals surface area contributed by atoms with Crippen LogP contribution in [0.4, 0.5) is 5.95 Å². The van der Waals surface area contributed by atoms with E-state index < -0.39 is 0 Å². The first kappa shape index (κ1) is 16.1. The summed E-state index contributed by atoms with van der Waals surface area (Å²) in [4.78, 5) is 28.9. The van der Waals surface area contributed by atoms with E-state index in [1.54, 1.807) is 0 Å². The van der Waals surface area contributed by atoms with Gasteiger partial charge in [-0.1, -0.05) is 0 Å². The smallest absolute Gasteiger partial charge is 0.232 e. The molecule has 0 saturated carbocycles. The van der Waals surface area contributed by atoms with E-state index in [1.807, 2.05) is 30.3 Å². The molecule has 1 aliphatic rings. The standard InChI is InChI=1S/C18H13N7O3/c1-10(26)21-18-23-13-4-3-12(11-2-5-14-15(6-11)28-9-27-14)22-16(13)17(24-18)25-8-19-7-20-25/h2-8H,9H2,1H3,(H,21,23,24,26). The normalized spacial score (nSPS) is 12.3. The van der Waals surface area contributed by atoms with E-state index in [0.717, 1.165) is 5.56 Å². The molecule has 4 heterocycles. The maximum absolute atomic E-state index is 11.4. The van der Waals surface area contributed by atoms with Gasteiger partial charge >= 0.3 is 0 Å². The summed E-state index contributed by atoms with van der Waals surface area (Å²) < 4.78 is 12.3. The Morgan fingerprint density at radius 2 is 2.00 bits per heavy atom. The van der Waals surface area contributed by atoms with Crippen molar-refractivity contribution in [1.82, 2.24) is 29.7 Å². The van der Waals surface area contributed by atoms with Crippen molar-refractivity contribution in [2.45, 2.75) is 6.92 Å². The predicted octanol–water partition coefficient (Wildman–Crippen LogP) is 1.96. The van der Waals surface area contributed by atoms with Crippen molar-refractivity contribution in [3.8, 4) is 28.6 Å². The Morgan fingerprint density at radius 1 is 1.11 bits per heavy atom. The minimum Gasteiger partial charge on any atom is -0.454 e. The van der Waals surface area contributed by atoms with Crippen LogP contribution in [-0.4, -0.2) is 42.4 Å². The minimum atomic E-state index is -0.270. The van der Waals surface area contributed by atoms with Crippen molar-refractivity contribution in [3.63, 3.8) is 0 Å². The van der Waals surface area contributed by atoms with Gasteiger partial charge in [0, 0.05) is 12.5 Å². The monoisotopic (exact) mass is 375 g/mol. The predicted molar refractivity (Wildman–Crippen MR) is 98.1 cm³/mol. The quantitative estimate of drug-likeness (QED) is 0.577. The number of aromatic nitrogens is 6. The van der Waals surface area contributed by atoms with Crippen LogP contribution in [0.3, 0.4) is 0 Å². The van der Waals surface area contributed by atoms with Crippen LogP contribution in [0.25, 0.3) is 28.1 Å². The number of fused-ring (bicyclic) bond motifs is 2. The summed E-state index contributed by atoms with van der Waals surface area (Å²) in [6.45, 7) is 1.60. The molecule has 28 heavy (non-hydrogen) atoms. The molecule has 0 spiro atoms. The first-order valence-corrected chi connectivity index (χ1v) is 8.39. The molecule has 0 radical (unpaired) electrons. The SMILES string of the molecule is CC(=O)Nc1nc(-n2cncn2)c2nc(-c3ccc4c(c3)OCO4)ccc2n1. The average Bonchev–Trinajstić information content (AvgIpc) is 3.37. The molecule has 0 unspecified atom stereocenters. The Bertz CT molecular complexity index is 1210. The van der Waals surface area contributed by atoms with Gasteiger partial charge in [0.1, 0.15) is 18.2 Å². The van der Waals surface area contributed by atoms with Gasteiger partial charge in [0.25, 0.3) is 0 Å². The summed E-state index contributed by atoms with van der Waals surface area (Å²) in [6.07, 6.45) is 2.90. The van der Waals surface area contributed by atoms with E-state index in [-0.39, 0.29) is 18.6 Å². The second-order valence-electron chi connectivity index (χ2n) is 6.02. The van der Waals surface area contributed by atoms with E-state index in [9.17, 15) is 4.79 Å². The summed E-state index contributed by atoms with van der Waals surface area (Å²) >= 11 is 0. The van der Waals surface area contributed by atoms with E-state index in [2.05, 4.69) is 25.4 Å². The highest BCUT2D eigenvalue weighted by atomic mass is 16.7. The third-order valence-electron chi connectivity index (χ3n) is 4.12. The van der Waals surface area contributed by atoms with Gasteiger partial charge < -0.3 is 9.47 Å². The van der Waals surface area contributed by atoms with Crippen molar-refractivity contribution in [3.05, 3.63) is 43.0 Å². The molecule has 1 aliphatic heterocycles. The highest BCUT2D eigenvalue weighted by Crippen LogP contribution is 2.36. The maximum atomic E-state index is 11.4. The zero-order valence-electron chi connectivity index (χ0n) is 14.7. The highest BCUT2D eigenvalue weighted by molar-refractivity contribution is 5.90. The van der Waals surface area contributed by atoms with Gasteiger partial charge in [-0.15, -0.1) is 0 Å². The Balaban J connectivity index is 1.68. The molecule has 0 saturated heterocycles. The summed E-state index contributed by atoms with van der Waals surface area (Å²) in [7, 11) is 0. The number of pyridine rings is 1. The van der Waals surface area contributed by atoms with Gasteiger partial charge in [0.2, 0.25) is 18.6 Å². The fraction of sp³-hybridized carbons (Fsp3) is 0.111. The Kier molecular flexibility index (Phi) is 3.61. The first-order valence-electron chi connectivity index (χ1n) is 8.39. The van der Waals surface area contributed by atoms with Crippen molar-refractivity contribution in [2.24, 2.45) is 0 Å². The largest absolute Gasteiger partial charge is 0.454 e. The van der Waals surface area contributed by atoms with Gasteiger partial charge in [0.05, 0.1) is 11.2 Å². The van der Waals surface area contributed by atoms with Crippen LogP contribution in [0.2, 0.25) is 0 Å². The Morgan fingerprint density at radius 3 is 2.82 bits per heavy atom. The number of carbonyl (C=O) groups is 1. The number of amides is 1. The Labute approximate surface area is 158 Å². The molecule has 5 rings (SSSR count). The third-order valence-corrected chi connectivity index (χ3v) is 4.12. The van der Waals surface area contributed by atoms with E-state index in [4.69, 9.17) is 14.5 Å². The molecule has 4 aromatic rings. The zero-order chi connectivity index (χ0) is 19.1. The van der Waals surface area contributed by atoms with Crippen LogP contribution in [0.5, 0.6) is 11.5 Å². The van der Waals surface area contributed by atoms with Crippen LogP contribution in [-0.2, 0) is 4.79 Å². The molecule has 138 valence electrons. The number of ether oxygens (including phenoxy) is 2. The van der Waals surface area contributed by atoms with Gasteiger partial charge in [-0.2, -0.15) is 10.1 Å². The summed E-state index contributed by atoms with van der Waals surface area (Å²) in [5.41, 5.74) is 2.66. The molecule has 10 heteroatoms. The molecular formula is C18H13N7O3. The van der Waals surface area contributed by atoms with Gasteiger partial charge in [-0.25, -0.2) is 19.6 Å². The van der Waals surface area contributed by atoms with E-state index in [0.29, 0.717) is 34.0 Å². The van der Waals surface area contributed by atoms with Crippen LogP contribution in [0.15, 0.2) is 43.0 Å². The topological polar surface area (TPSA) is 117 Å². The second kappa shape index (κ2) is 6.27. The molecule has 1 amide bonds.